The van der Waals surface area contributed by atoms with Crippen molar-refractivity contribution in [1.29, 1.82) is 0 Å². The van der Waals surface area contributed by atoms with Gasteiger partial charge in [0.15, 0.2) is 5.82 Å². The molecule has 2 amide bonds. The molecule has 2 fully saturated rings. The molecule has 1 saturated carbocycles. The van der Waals surface area contributed by atoms with Crippen LogP contribution in [-0.2, 0) is 4.79 Å². The minimum Gasteiger partial charge on any atom is -0.356 e. The van der Waals surface area contributed by atoms with Gasteiger partial charge >= 0.3 is 0 Å². The Labute approximate surface area is 181 Å². The maximum atomic E-state index is 13.3. The Balaban J connectivity index is 1.63. The Morgan fingerprint density at radius 1 is 1.27 bits per heavy atom. The second-order valence-corrected chi connectivity index (χ2v) is 9.62. The lowest BCUT2D eigenvalue weighted by molar-refractivity contribution is -0.126. The number of aromatic nitrogens is 2. The van der Waals surface area contributed by atoms with E-state index in [-0.39, 0.29) is 35.6 Å². The van der Waals surface area contributed by atoms with E-state index >= 15 is 0 Å². The highest BCUT2D eigenvalue weighted by Gasteiger charge is 2.45. The summed E-state index contributed by atoms with van der Waals surface area (Å²) in [6.07, 6.45) is 5.37. The number of hydrogen-bond donors (Lipinski definition) is 1. The lowest BCUT2D eigenvalue weighted by Gasteiger charge is -2.32. The van der Waals surface area contributed by atoms with Gasteiger partial charge in [0.25, 0.3) is 5.91 Å². The number of nitrogens with one attached hydrogen (secondary N) is 1. The Kier molecular flexibility index (Phi) is 6.51. The molecule has 3 atom stereocenters. The van der Waals surface area contributed by atoms with Crippen molar-refractivity contribution in [3.05, 3.63) is 34.1 Å². The van der Waals surface area contributed by atoms with Gasteiger partial charge in [0.05, 0.1) is 10.8 Å². The summed E-state index contributed by atoms with van der Waals surface area (Å²) in [7, 11) is 0. The highest BCUT2D eigenvalue weighted by atomic mass is 32.1. The van der Waals surface area contributed by atoms with Crippen LogP contribution in [0, 0.1) is 5.92 Å². The molecule has 2 aromatic heterocycles. The third kappa shape index (κ3) is 4.43. The molecule has 0 bridgehead atoms. The number of thiophene rings is 1. The van der Waals surface area contributed by atoms with E-state index in [0.717, 1.165) is 30.6 Å². The molecule has 1 aliphatic heterocycles. The summed E-state index contributed by atoms with van der Waals surface area (Å²) >= 11 is 1.46. The van der Waals surface area contributed by atoms with E-state index in [1.54, 1.807) is 0 Å². The van der Waals surface area contributed by atoms with Crippen LogP contribution in [0.2, 0.25) is 0 Å². The molecule has 162 valence electrons. The minimum atomic E-state index is -0.258. The van der Waals surface area contributed by atoms with Crippen molar-refractivity contribution in [2.45, 2.75) is 70.3 Å². The summed E-state index contributed by atoms with van der Waals surface area (Å²) in [6, 6.07) is 3.61. The van der Waals surface area contributed by atoms with E-state index < -0.39 is 0 Å². The minimum absolute atomic E-state index is 0.00711. The molecule has 8 heteroatoms. The zero-order valence-electron chi connectivity index (χ0n) is 17.7. The van der Waals surface area contributed by atoms with E-state index in [4.69, 9.17) is 4.52 Å². The molecule has 0 unspecified atom stereocenters. The predicted octanol–water partition coefficient (Wildman–Crippen LogP) is 3.95. The monoisotopic (exact) mass is 430 g/mol. The SMILES string of the molecule is CC(C)c1noc([C@@H]2C[C@H]3C(=O)NCCCCCCN(C(=O)c4cccs4)[C@H]3C2)n1. The molecular weight excluding hydrogens is 400 g/mol. The Morgan fingerprint density at radius 3 is 2.83 bits per heavy atom. The number of nitrogens with zero attached hydrogens (tertiary/aromatic N) is 3. The van der Waals surface area contributed by atoms with Gasteiger partial charge in [-0.3, -0.25) is 9.59 Å². The molecule has 1 N–H and O–H groups in total. The zero-order valence-corrected chi connectivity index (χ0v) is 18.5. The van der Waals surface area contributed by atoms with Crippen LogP contribution >= 0.6 is 11.3 Å². The van der Waals surface area contributed by atoms with E-state index in [1.165, 1.54) is 11.3 Å². The van der Waals surface area contributed by atoms with Gasteiger partial charge in [0.1, 0.15) is 0 Å². The Morgan fingerprint density at radius 2 is 2.10 bits per heavy atom. The summed E-state index contributed by atoms with van der Waals surface area (Å²) in [6.45, 7) is 5.44. The molecule has 0 radical (unpaired) electrons. The summed E-state index contributed by atoms with van der Waals surface area (Å²) in [5.74, 6) is 1.27. The molecule has 0 spiro atoms. The van der Waals surface area contributed by atoms with E-state index in [2.05, 4.69) is 15.5 Å². The number of rotatable bonds is 3. The lowest BCUT2D eigenvalue weighted by atomic mass is 10.00. The highest BCUT2D eigenvalue weighted by Crippen LogP contribution is 2.41. The van der Waals surface area contributed by atoms with Crippen molar-refractivity contribution in [1.82, 2.24) is 20.4 Å². The number of carbonyl (C=O) groups is 2. The summed E-state index contributed by atoms with van der Waals surface area (Å²) in [5, 5.41) is 9.13. The van der Waals surface area contributed by atoms with E-state index in [1.807, 2.05) is 36.3 Å². The molecule has 0 aromatic carbocycles. The summed E-state index contributed by atoms with van der Waals surface area (Å²) in [5.41, 5.74) is 0. The average Bonchev–Trinajstić information content (AvgIpc) is 3.48. The van der Waals surface area contributed by atoms with Crippen LogP contribution in [0.4, 0.5) is 0 Å². The summed E-state index contributed by atoms with van der Waals surface area (Å²) in [4.78, 5) is 33.7. The van der Waals surface area contributed by atoms with Gasteiger partial charge in [-0.1, -0.05) is 37.9 Å². The van der Waals surface area contributed by atoms with Crippen LogP contribution in [0.25, 0.3) is 0 Å². The van der Waals surface area contributed by atoms with Gasteiger partial charge in [-0.05, 0) is 37.1 Å². The largest absolute Gasteiger partial charge is 0.356 e. The third-order valence-electron chi connectivity index (χ3n) is 6.21. The van der Waals surface area contributed by atoms with Crippen LogP contribution in [-0.4, -0.2) is 46.0 Å². The molecule has 7 nitrogen and oxygen atoms in total. The second-order valence-electron chi connectivity index (χ2n) is 8.67. The first-order valence-electron chi connectivity index (χ1n) is 11.0. The maximum absolute atomic E-state index is 13.3. The number of fused-ring (bicyclic) bond motifs is 1. The van der Waals surface area contributed by atoms with Crippen LogP contribution in [0.15, 0.2) is 22.0 Å². The van der Waals surface area contributed by atoms with E-state index in [9.17, 15) is 9.59 Å². The molecule has 3 heterocycles. The highest BCUT2D eigenvalue weighted by molar-refractivity contribution is 7.12. The number of amides is 2. The molecule has 4 rings (SSSR count). The first-order chi connectivity index (χ1) is 14.5. The van der Waals surface area contributed by atoms with Crippen LogP contribution < -0.4 is 5.32 Å². The van der Waals surface area contributed by atoms with Gasteiger partial charge in [0.2, 0.25) is 11.8 Å². The molecule has 1 aliphatic carbocycles. The molecule has 30 heavy (non-hydrogen) atoms. The molecular formula is C22H30N4O3S. The first kappa shape index (κ1) is 21.0. The third-order valence-corrected chi connectivity index (χ3v) is 7.06. The van der Waals surface area contributed by atoms with Crippen LogP contribution in [0.1, 0.15) is 85.6 Å². The quantitative estimate of drug-likeness (QED) is 0.797. The molecule has 2 aliphatic rings. The fourth-order valence-corrected chi connectivity index (χ4v) is 5.23. The Bertz CT molecular complexity index is 864. The Hall–Kier alpha value is -2.22. The average molecular weight is 431 g/mol. The van der Waals surface area contributed by atoms with E-state index in [0.29, 0.717) is 37.6 Å². The lowest BCUT2D eigenvalue weighted by Crippen LogP contribution is -2.47. The summed E-state index contributed by atoms with van der Waals surface area (Å²) < 4.78 is 5.56. The second kappa shape index (κ2) is 9.29. The van der Waals surface area contributed by atoms with Crippen LogP contribution in [0.3, 0.4) is 0 Å². The fraction of sp³-hybridized carbons (Fsp3) is 0.636. The van der Waals surface area contributed by atoms with Gasteiger partial charge < -0.3 is 14.7 Å². The van der Waals surface area contributed by atoms with Gasteiger partial charge in [-0.25, -0.2) is 0 Å². The first-order valence-corrected chi connectivity index (χ1v) is 11.9. The molecule has 2 aromatic rings. The van der Waals surface area contributed by atoms with Crippen molar-refractivity contribution < 1.29 is 14.1 Å². The maximum Gasteiger partial charge on any atom is 0.264 e. The topological polar surface area (TPSA) is 88.3 Å². The van der Waals surface area contributed by atoms with Crippen molar-refractivity contribution in [3.63, 3.8) is 0 Å². The molecule has 1 saturated heterocycles. The van der Waals surface area contributed by atoms with Crippen LogP contribution in [0.5, 0.6) is 0 Å². The van der Waals surface area contributed by atoms with Crippen molar-refractivity contribution in [2.75, 3.05) is 13.1 Å². The van der Waals surface area contributed by atoms with Crippen molar-refractivity contribution in [3.8, 4) is 0 Å². The zero-order chi connectivity index (χ0) is 21.1. The van der Waals surface area contributed by atoms with Crippen molar-refractivity contribution in [2.24, 2.45) is 5.92 Å². The smallest absolute Gasteiger partial charge is 0.264 e. The van der Waals surface area contributed by atoms with Crippen molar-refractivity contribution >= 4 is 23.2 Å². The number of hydrogen-bond acceptors (Lipinski definition) is 6. The standard InChI is InChI=1S/C22H30N4O3S/c1-14(2)19-24-21(29-25-19)15-12-16-17(13-15)26(22(28)18-8-7-11-30-18)10-6-4-3-5-9-23-20(16)27/h7-8,11,14-17H,3-6,9-10,12-13H2,1-2H3,(H,23,27)/t15-,16-,17+/m1/s1. The van der Waals surface area contributed by atoms with Gasteiger partial charge in [-0.2, -0.15) is 4.98 Å². The normalized spacial score (nSPS) is 25.6. The van der Waals surface area contributed by atoms with Gasteiger partial charge in [-0.15, -0.1) is 11.3 Å². The predicted molar refractivity (Wildman–Crippen MR) is 114 cm³/mol. The number of carbonyl (C=O) groups excluding carboxylic acids is 2. The van der Waals surface area contributed by atoms with Gasteiger partial charge in [0, 0.05) is 31.0 Å². The fourth-order valence-electron chi connectivity index (χ4n) is 4.55.